The van der Waals surface area contributed by atoms with Crippen LogP contribution in [0, 0.1) is 0 Å². The second kappa shape index (κ2) is 13.2. The van der Waals surface area contributed by atoms with E-state index in [1.165, 1.54) is 9.75 Å². The number of H-pyrrole nitrogens is 1. The van der Waals surface area contributed by atoms with Gasteiger partial charge in [-0.15, -0.1) is 11.3 Å². The number of aromatic amines is 1. The van der Waals surface area contributed by atoms with Gasteiger partial charge in [0.2, 0.25) is 11.8 Å². The Hall–Kier alpha value is -3.46. The van der Waals surface area contributed by atoms with Crippen LogP contribution < -0.4 is 22.1 Å². The molecule has 2 aromatic carbocycles. The molecule has 2 aromatic heterocycles. The number of nitrogens with two attached hydrogens (primary N) is 2. The van der Waals surface area contributed by atoms with E-state index in [1.807, 2.05) is 60.8 Å². The summed E-state index contributed by atoms with van der Waals surface area (Å²) in [7, 11) is 0. The zero-order valence-corrected chi connectivity index (χ0v) is 21.7. The van der Waals surface area contributed by atoms with Crippen LogP contribution in [0.4, 0.5) is 0 Å². The van der Waals surface area contributed by atoms with Gasteiger partial charge in [0.25, 0.3) is 0 Å². The largest absolute Gasteiger partial charge is 0.361 e. The molecule has 4 aromatic rings. The van der Waals surface area contributed by atoms with E-state index in [4.69, 9.17) is 11.5 Å². The number of hydrogen-bond donors (Lipinski definition) is 5. The Morgan fingerprint density at radius 1 is 0.892 bits per heavy atom. The van der Waals surface area contributed by atoms with Gasteiger partial charge in [-0.3, -0.25) is 9.59 Å². The van der Waals surface area contributed by atoms with Gasteiger partial charge in [0.1, 0.15) is 6.04 Å². The highest BCUT2D eigenvalue weighted by atomic mass is 32.1. The van der Waals surface area contributed by atoms with Gasteiger partial charge in [0, 0.05) is 33.4 Å². The zero-order chi connectivity index (χ0) is 26.0. The average molecular weight is 518 g/mol. The minimum Gasteiger partial charge on any atom is -0.361 e. The molecule has 7 N–H and O–H groups in total. The van der Waals surface area contributed by atoms with Crippen molar-refractivity contribution in [2.75, 3.05) is 13.1 Å². The number of thiophene rings is 1. The molecular formula is C29H35N5O2S. The van der Waals surface area contributed by atoms with Gasteiger partial charge in [0.05, 0.1) is 6.04 Å². The second-order valence-electron chi connectivity index (χ2n) is 9.18. The van der Waals surface area contributed by atoms with E-state index in [1.54, 1.807) is 11.3 Å². The number of hydrogen-bond acceptors (Lipinski definition) is 5. The van der Waals surface area contributed by atoms with Crippen LogP contribution in [-0.4, -0.2) is 35.9 Å². The predicted molar refractivity (Wildman–Crippen MR) is 150 cm³/mol. The molecule has 0 aliphatic heterocycles. The van der Waals surface area contributed by atoms with Crippen LogP contribution >= 0.6 is 11.3 Å². The third-order valence-electron chi connectivity index (χ3n) is 6.40. The van der Waals surface area contributed by atoms with Gasteiger partial charge in [-0.05, 0) is 68.0 Å². The Morgan fingerprint density at radius 2 is 1.62 bits per heavy atom. The maximum absolute atomic E-state index is 13.2. The third kappa shape index (κ3) is 7.29. The molecule has 7 nitrogen and oxygen atoms in total. The molecule has 0 aliphatic rings. The Bertz CT molecular complexity index is 1300. The minimum atomic E-state index is -0.821. The predicted octanol–water partition coefficient (Wildman–Crippen LogP) is 3.60. The molecule has 0 unspecified atom stereocenters. The molecule has 0 radical (unpaired) electrons. The fraction of sp³-hybridized carbons (Fsp3) is 0.310. The maximum Gasteiger partial charge on any atom is 0.247 e. The lowest BCUT2D eigenvalue weighted by Gasteiger charge is -2.21. The SMILES string of the molecule is NCCCCc1ccc(CCNC(=O)[C@H](NC(=O)[C@@H](N)Cc2c[nH]c3ccccc23)c2ccccc2)s1. The Kier molecular flexibility index (Phi) is 9.48. The van der Waals surface area contributed by atoms with Gasteiger partial charge in [0.15, 0.2) is 0 Å². The van der Waals surface area contributed by atoms with Crippen molar-refractivity contribution in [1.82, 2.24) is 15.6 Å². The summed E-state index contributed by atoms with van der Waals surface area (Å²) in [5, 5.41) is 6.92. The lowest BCUT2D eigenvalue weighted by Crippen LogP contribution is -2.47. The molecule has 2 amide bonds. The van der Waals surface area contributed by atoms with Crippen LogP contribution in [0.25, 0.3) is 10.9 Å². The van der Waals surface area contributed by atoms with Crippen LogP contribution in [0.5, 0.6) is 0 Å². The Balaban J connectivity index is 1.35. The fourth-order valence-electron chi connectivity index (χ4n) is 4.37. The van der Waals surface area contributed by atoms with E-state index < -0.39 is 12.1 Å². The Labute approximate surface area is 221 Å². The number of benzene rings is 2. The molecule has 37 heavy (non-hydrogen) atoms. The number of carbonyl (C=O) groups is 2. The lowest BCUT2D eigenvalue weighted by molar-refractivity contribution is -0.129. The molecule has 0 saturated heterocycles. The van der Waals surface area contributed by atoms with Gasteiger partial charge in [-0.2, -0.15) is 0 Å². The standard InChI is InChI=1S/C29H35N5O2S/c30-16-7-6-10-22-13-14-23(37-22)15-17-32-29(36)27(20-8-2-1-3-9-20)34-28(35)25(31)18-21-19-33-26-12-5-4-11-24(21)26/h1-5,8-9,11-14,19,25,27,33H,6-7,10,15-18,30-31H2,(H,32,36)(H,34,35)/t25-,27+/m0/s1. The summed E-state index contributed by atoms with van der Waals surface area (Å²) in [6.07, 6.45) is 6.14. The summed E-state index contributed by atoms with van der Waals surface area (Å²) in [4.78, 5) is 32.0. The molecule has 8 heteroatoms. The first-order chi connectivity index (χ1) is 18.0. The number of rotatable bonds is 13. The lowest BCUT2D eigenvalue weighted by atomic mass is 10.0. The molecule has 4 rings (SSSR count). The highest BCUT2D eigenvalue weighted by molar-refractivity contribution is 7.12. The topological polar surface area (TPSA) is 126 Å². The van der Waals surface area contributed by atoms with E-state index in [9.17, 15) is 9.59 Å². The van der Waals surface area contributed by atoms with Crippen LogP contribution in [-0.2, 0) is 28.9 Å². The number of aromatic nitrogens is 1. The molecular weight excluding hydrogens is 482 g/mol. The quantitative estimate of drug-likeness (QED) is 0.174. The van der Waals surface area contributed by atoms with Crippen molar-refractivity contribution in [3.05, 3.63) is 93.8 Å². The first-order valence-electron chi connectivity index (χ1n) is 12.8. The van der Waals surface area contributed by atoms with Crippen molar-refractivity contribution in [3.63, 3.8) is 0 Å². The number of aryl methyl sites for hydroxylation is 1. The minimum absolute atomic E-state index is 0.251. The average Bonchev–Trinajstić information content (AvgIpc) is 3.54. The van der Waals surface area contributed by atoms with Crippen LogP contribution in [0.1, 0.15) is 39.8 Å². The van der Waals surface area contributed by atoms with Crippen molar-refractivity contribution < 1.29 is 9.59 Å². The highest BCUT2D eigenvalue weighted by Gasteiger charge is 2.25. The zero-order valence-electron chi connectivity index (χ0n) is 20.9. The second-order valence-corrected chi connectivity index (χ2v) is 10.4. The number of amides is 2. The molecule has 194 valence electrons. The molecule has 0 aliphatic carbocycles. The highest BCUT2D eigenvalue weighted by Crippen LogP contribution is 2.21. The number of nitrogens with one attached hydrogen (secondary N) is 3. The van der Waals surface area contributed by atoms with Crippen LogP contribution in [0.2, 0.25) is 0 Å². The van der Waals surface area contributed by atoms with Crippen molar-refractivity contribution in [1.29, 1.82) is 0 Å². The summed E-state index contributed by atoms with van der Waals surface area (Å²) in [5.41, 5.74) is 14.6. The number of para-hydroxylation sites is 1. The summed E-state index contributed by atoms with van der Waals surface area (Å²) >= 11 is 1.78. The molecule has 0 saturated carbocycles. The number of fused-ring (bicyclic) bond motifs is 1. The first kappa shape index (κ1) is 26.6. The van der Waals surface area contributed by atoms with E-state index in [0.717, 1.165) is 48.7 Å². The molecule has 0 fully saturated rings. The number of unbranched alkanes of at least 4 members (excludes halogenated alkanes) is 1. The fourth-order valence-corrected chi connectivity index (χ4v) is 5.43. The van der Waals surface area contributed by atoms with Gasteiger partial charge < -0.3 is 27.1 Å². The van der Waals surface area contributed by atoms with Gasteiger partial charge >= 0.3 is 0 Å². The third-order valence-corrected chi connectivity index (χ3v) is 7.60. The van der Waals surface area contributed by atoms with Crippen LogP contribution in [0.3, 0.4) is 0 Å². The van der Waals surface area contributed by atoms with Crippen molar-refractivity contribution in [2.24, 2.45) is 11.5 Å². The summed E-state index contributed by atoms with van der Waals surface area (Å²) in [5.74, 6) is -0.617. The van der Waals surface area contributed by atoms with Gasteiger partial charge in [-0.1, -0.05) is 48.5 Å². The molecule has 2 atom stereocenters. The maximum atomic E-state index is 13.2. The van der Waals surface area contributed by atoms with E-state index in [2.05, 4.69) is 27.8 Å². The summed E-state index contributed by atoms with van der Waals surface area (Å²) in [6.45, 7) is 1.21. The smallest absolute Gasteiger partial charge is 0.247 e. The summed E-state index contributed by atoms with van der Waals surface area (Å²) < 4.78 is 0. The normalized spacial score (nSPS) is 12.8. The molecule has 0 spiro atoms. The van der Waals surface area contributed by atoms with Gasteiger partial charge in [-0.25, -0.2) is 0 Å². The Morgan fingerprint density at radius 3 is 2.41 bits per heavy atom. The van der Waals surface area contributed by atoms with E-state index >= 15 is 0 Å². The van der Waals surface area contributed by atoms with Crippen LogP contribution in [0.15, 0.2) is 72.9 Å². The molecule has 0 bridgehead atoms. The van der Waals surface area contributed by atoms with E-state index in [0.29, 0.717) is 18.5 Å². The monoisotopic (exact) mass is 517 g/mol. The first-order valence-corrected chi connectivity index (χ1v) is 13.6. The summed E-state index contributed by atoms with van der Waals surface area (Å²) in [6, 6.07) is 19.8. The van der Waals surface area contributed by atoms with E-state index in [-0.39, 0.29) is 11.8 Å². The molecule has 2 heterocycles. The van der Waals surface area contributed by atoms with Crippen molar-refractivity contribution in [2.45, 2.75) is 44.2 Å². The van der Waals surface area contributed by atoms with Crippen molar-refractivity contribution in [3.8, 4) is 0 Å². The number of carbonyl (C=O) groups excluding carboxylic acids is 2. The van der Waals surface area contributed by atoms with Crippen molar-refractivity contribution >= 4 is 34.1 Å².